The van der Waals surface area contributed by atoms with Gasteiger partial charge in [-0.15, -0.1) is 0 Å². The molecule has 84 valence electrons. The van der Waals surface area contributed by atoms with Gasteiger partial charge in [0, 0.05) is 0 Å². The summed E-state index contributed by atoms with van der Waals surface area (Å²) in [6.07, 6.45) is 0. The quantitative estimate of drug-likeness (QED) is 0.651. The average Bonchev–Trinajstić information content (AvgIpc) is 2.46. The number of esters is 1. The van der Waals surface area contributed by atoms with E-state index in [4.69, 9.17) is 4.74 Å². The highest BCUT2D eigenvalue weighted by molar-refractivity contribution is 14.1. The Labute approximate surface area is 101 Å². The number of aromatic nitrogens is 2. The van der Waals surface area contributed by atoms with Gasteiger partial charge in [-0.05, 0) is 43.4 Å². The monoisotopic (exact) mass is 324 g/mol. The van der Waals surface area contributed by atoms with Crippen LogP contribution in [0.2, 0.25) is 0 Å². The van der Waals surface area contributed by atoms with Crippen molar-refractivity contribution in [1.29, 1.82) is 0 Å². The highest BCUT2D eigenvalue weighted by atomic mass is 127. The molecule has 0 aliphatic carbocycles. The van der Waals surface area contributed by atoms with Crippen LogP contribution in [0.1, 0.15) is 37.0 Å². The zero-order valence-electron chi connectivity index (χ0n) is 8.80. The summed E-state index contributed by atoms with van der Waals surface area (Å²) in [7, 11) is 0. The number of carbonyl (C=O) groups is 1. The molecule has 0 atom stereocenters. The molecule has 0 saturated carbocycles. The molecule has 0 aliphatic rings. The van der Waals surface area contributed by atoms with Crippen molar-refractivity contribution in [2.24, 2.45) is 0 Å². The first-order chi connectivity index (χ1) is 6.88. The fourth-order valence-corrected chi connectivity index (χ4v) is 2.19. The fraction of sp³-hybridized carbons (Fsp3) is 0.556. The molecule has 0 unspecified atom stereocenters. The summed E-state index contributed by atoms with van der Waals surface area (Å²) in [4.78, 5) is 11.4. The molecule has 1 aromatic heterocycles. The van der Waals surface area contributed by atoms with Crippen LogP contribution in [-0.4, -0.2) is 27.9 Å². The molecule has 0 amide bonds. The van der Waals surface area contributed by atoms with Crippen LogP contribution in [0.25, 0.3) is 0 Å². The summed E-state index contributed by atoms with van der Waals surface area (Å²) in [5.41, 5.74) is -0.335. The molecule has 1 heterocycles. The van der Waals surface area contributed by atoms with Crippen LogP contribution in [0.5, 0.6) is 0 Å². The number of hydrogen-bond acceptors (Lipinski definition) is 4. The van der Waals surface area contributed by atoms with Crippen molar-refractivity contribution in [3.63, 3.8) is 0 Å². The van der Waals surface area contributed by atoms with Crippen molar-refractivity contribution in [3.8, 4) is 0 Å². The molecule has 15 heavy (non-hydrogen) atoms. The topological polar surface area (TPSA) is 75.2 Å². The maximum Gasteiger partial charge on any atom is 0.357 e. The molecular formula is C9H13IN2O3. The number of carbonyl (C=O) groups excluding carboxylic acids is 1. The number of nitrogens with zero attached hydrogens (tertiary/aromatic N) is 1. The fourth-order valence-electron chi connectivity index (χ4n) is 1.07. The number of halogens is 1. The van der Waals surface area contributed by atoms with Crippen LogP contribution in [0, 0.1) is 3.57 Å². The lowest BCUT2D eigenvalue weighted by Gasteiger charge is -2.14. The lowest BCUT2D eigenvalue weighted by atomic mass is 10.1. The van der Waals surface area contributed by atoms with Gasteiger partial charge >= 0.3 is 5.97 Å². The third-order valence-electron chi connectivity index (χ3n) is 1.77. The van der Waals surface area contributed by atoms with Crippen molar-refractivity contribution < 1.29 is 14.6 Å². The normalized spacial score (nSPS) is 11.5. The van der Waals surface area contributed by atoms with Gasteiger partial charge in [-0.1, -0.05) is 0 Å². The van der Waals surface area contributed by atoms with E-state index < -0.39 is 11.6 Å². The standard InChI is InChI=1S/C9H13IN2O3/c1-4-15-8(13)6-5(10)7(12-11-6)9(2,3)14/h14H,4H2,1-3H3,(H,11,12). The SMILES string of the molecule is CCOC(=O)c1[nH]nc(C(C)(C)O)c1I. The van der Waals surface area contributed by atoms with Crippen LogP contribution in [0.4, 0.5) is 0 Å². The Morgan fingerprint density at radius 3 is 2.67 bits per heavy atom. The number of aliphatic hydroxyl groups is 1. The maximum atomic E-state index is 11.4. The first-order valence-corrected chi connectivity index (χ1v) is 5.59. The Morgan fingerprint density at radius 1 is 1.67 bits per heavy atom. The molecule has 0 aromatic carbocycles. The van der Waals surface area contributed by atoms with E-state index in [1.54, 1.807) is 20.8 Å². The largest absolute Gasteiger partial charge is 0.461 e. The van der Waals surface area contributed by atoms with Crippen LogP contribution in [-0.2, 0) is 10.3 Å². The Morgan fingerprint density at radius 2 is 2.27 bits per heavy atom. The second kappa shape index (κ2) is 4.48. The number of hydrogen-bond donors (Lipinski definition) is 2. The van der Waals surface area contributed by atoms with Crippen molar-refractivity contribution in [2.45, 2.75) is 26.4 Å². The van der Waals surface area contributed by atoms with Crippen LogP contribution in [0.3, 0.4) is 0 Å². The predicted octanol–water partition coefficient (Wildman–Crippen LogP) is 1.42. The molecular weight excluding hydrogens is 311 g/mol. The molecule has 5 nitrogen and oxygen atoms in total. The van der Waals surface area contributed by atoms with Gasteiger partial charge in [0.25, 0.3) is 0 Å². The molecule has 0 bridgehead atoms. The number of H-pyrrole nitrogens is 1. The molecule has 0 fully saturated rings. The summed E-state index contributed by atoms with van der Waals surface area (Å²) in [5, 5.41) is 16.2. The Bertz CT molecular complexity index is 368. The van der Waals surface area contributed by atoms with Crippen molar-refractivity contribution in [2.75, 3.05) is 6.61 Å². The van der Waals surface area contributed by atoms with E-state index >= 15 is 0 Å². The molecule has 6 heteroatoms. The third kappa shape index (κ3) is 2.69. The summed E-state index contributed by atoms with van der Waals surface area (Å²) < 4.78 is 5.43. The summed E-state index contributed by atoms with van der Waals surface area (Å²) in [6.45, 7) is 5.27. The van der Waals surface area contributed by atoms with E-state index in [0.717, 1.165) is 0 Å². The first-order valence-electron chi connectivity index (χ1n) is 4.51. The Hall–Kier alpha value is -0.630. The highest BCUT2D eigenvalue weighted by Gasteiger charge is 2.27. The summed E-state index contributed by atoms with van der Waals surface area (Å²) in [5.74, 6) is -0.454. The second-order valence-electron chi connectivity index (χ2n) is 3.54. The predicted molar refractivity (Wildman–Crippen MR) is 62.5 cm³/mol. The molecule has 2 N–H and O–H groups in total. The number of aromatic amines is 1. The Balaban J connectivity index is 3.04. The highest BCUT2D eigenvalue weighted by Crippen LogP contribution is 2.25. The van der Waals surface area contributed by atoms with Gasteiger partial charge in [0.15, 0.2) is 5.69 Å². The Kier molecular flexibility index (Phi) is 3.72. The second-order valence-corrected chi connectivity index (χ2v) is 4.62. The van der Waals surface area contributed by atoms with Gasteiger partial charge in [-0.3, -0.25) is 5.10 Å². The molecule has 1 aromatic rings. The van der Waals surface area contributed by atoms with Crippen LogP contribution >= 0.6 is 22.6 Å². The third-order valence-corrected chi connectivity index (χ3v) is 2.82. The minimum atomic E-state index is -1.07. The number of ether oxygens (including phenoxy) is 1. The number of rotatable bonds is 3. The van der Waals surface area contributed by atoms with Gasteiger partial charge < -0.3 is 9.84 Å². The number of nitrogens with one attached hydrogen (secondary N) is 1. The van der Waals surface area contributed by atoms with Gasteiger partial charge in [0.1, 0.15) is 11.3 Å². The average molecular weight is 324 g/mol. The van der Waals surface area contributed by atoms with Crippen LogP contribution in [0.15, 0.2) is 0 Å². The maximum absolute atomic E-state index is 11.4. The molecule has 0 spiro atoms. The van der Waals surface area contributed by atoms with E-state index in [2.05, 4.69) is 10.2 Å². The van der Waals surface area contributed by atoms with Crippen molar-refractivity contribution in [3.05, 3.63) is 15.0 Å². The smallest absolute Gasteiger partial charge is 0.357 e. The summed E-state index contributed by atoms with van der Waals surface area (Å²) >= 11 is 1.96. The molecule has 0 aliphatic heterocycles. The van der Waals surface area contributed by atoms with E-state index in [1.807, 2.05) is 22.6 Å². The lowest BCUT2D eigenvalue weighted by Crippen LogP contribution is -2.18. The van der Waals surface area contributed by atoms with Crippen LogP contribution < -0.4 is 0 Å². The van der Waals surface area contributed by atoms with E-state index in [1.165, 1.54) is 0 Å². The van der Waals surface area contributed by atoms with Crippen molar-refractivity contribution >= 4 is 28.6 Å². The molecule has 0 saturated heterocycles. The molecule has 1 rings (SSSR count). The van der Waals surface area contributed by atoms with E-state index in [0.29, 0.717) is 15.9 Å². The van der Waals surface area contributed by atoms with Crippen molar-refractivity contribution in [1.82, 2.24) is 10.2 Å². The lowest BCUT2D eigenvalue weighted by molar-refractivity contribution is 0.0518. The van der Waals surface area contributed by atoms with Gasteiger partial charge in [0.2, 0.25) is 0 Å². The van der Waals surface area contributed by atoms with Gasteiger partial charge in [0.05, 0.1) is 10.2 Å². The van der Waals surface area contributed by atoms with Gasteiger partial charge in [-0.25, -0.2) is 4.79 Å². The minimum absolute atomic E-state index is 0.287. The van der Waals surface area contributed by atoms with Gasteiger partial charge in [-0.2, -0.15) is 5.10 Å². The van der Waals surface area contributed by atoms with E-state index in [9.17, 15) is 9.90 Å². The zero-order valence-corrected chi connectivity index (χ0v) is 11.0. The summed E-state index contributed by atoms with van der Waals surface area (Å²) in [6, 6.07) is 0. The molecule has 0 radical (unpaired) electrons. The van der Waals surface area contributed by atoms with E-state index in [-0.39, 0.29) is 5.69 Å². The first kappa shape index (κ1) is 12.4. The zero-order chi connectivity index (χ0) is 11.6. The minimum Gasteiger partial charge on any atom is -0.461 e.